The third-order valence-corrected chi connectivity index (χ3v) is 3.17. The Morgan fingerprint density at radius 3 is 3.17 bits per heavy atom. The lowest BCUT2D eigenvalue weighted by atomic mass is 10.1. The van der Waals surface area contributed by atoms with Crippen LogP contribution in [0.2, 0.25) is 5.15 Å². The van der Waals surface area contributed by atoms with E-state index in [1.54, 1.807) is 0 Å². The van der Waals surface area contributed by atoms with E-state index in [1.807, 2.05) is 0 Å². The van der Waals surface area contributed by atoms with Crippen molar-refractivity contribution in [3.05, 3.63) is 23.0 Å². The minimum atomic E-state index is -0.269. The molecule has 0 radical (unpaired) electrons. The van der Waals surface area contributed by atoms with Crippen molar-refractivity contribution in [2.45, 2.75) is 25.4 Å². The van der Waals surface area contributed by atoms with Crippen LogP contribution >= 0.6 is 11.6 Å². The lowest BCUT2D eigenvalue weighted by Gasteiger charge is -2.22. The third-order valence-electron chi connectivity index (χ3n) is 2.87. The minimum Gasteiger partial charge on any atom is -0.397 e. The Kier molecular flexibility index (Phi) is 4.38. The summed E-state index contributed by atoms with van der Waals surface area (Å²) in [7, 11) is 0. The van der Waals surface area contributed by atoms with Crippen molar-refractivity contribution < 1.29 is 9.53 Å². The average molecular weight is 270 g/mol. The first-order valence-corrected chi connectivity index (χ1v) is 6.35. The molecule has 0 saturated carbocycles. The molecule has 0 aliphatic carbocycles. The van der Waals surface area contributed by atoms with E-state index >= 15 is 0 Å². The van der Waals surface area contributed by atoms with Crippen molar-refractivity contribution in [2.24, 2.45) is 0 Å². The van der Waals surface area contributed by atoms with E-state index in [1.165, 1.54) is 12.3 Å². The molecule has 18 heavy (non-hydrogen) atoms. The Hall–Kier alpha value is -1.33. The van der Waals surface area contributed by atoms with Gasteiger partial charge in [-0.1, -0.05) is 11.6 Å². The van der Waals surface area contributed by atoms with Gasteiger partial charge in [-0.05, 0) is 25.3 Å². The molecule has 1 atom stereocenters. The molecule has 0 bridgehead atoms. The smallest absolute Gasteiger partial charge is 0.254 e. The number of anilines is 1. The van der Waals surface area contributed by atoms with Gasteiger partial charge in [-0.25, -0.2) is 4.98 Å². The van der Waals surface area contributed by atoms with Gasteiger partial charge < -0.3 is 15.8 Å². The van der Waals surface area contributed by atoms with E-state index in [-0.39, 0.29) is 17.2 Å². The Balaban J connectivity index is 1.92. The standard InChI is InChI=1S/C12H16ClN3O2/c13-11-10(5-8(14)6-15-11)12(17)16-7-9-3-1-2-4-18-9/h5-6,9H,1-4,7,14H2,(H,16,17). The summed E-state index contributed by atoms with van der Waals surface area (Å²) in [5.41, 5.74) is 6.29. The summed E-state index contributed by atoms with van der Waals surface area (Å²) in [6.07, 6.45) is 4.72. The van der Waals surface area contributed by atoms with Gasteiger partial charge in [0.2, 0.25) is 0 Å². The number of amides is 1. The van der Waals surface area contributed by atoms with Crippen LogP contribution in [0, 0.1) is 0 Å². The van der Waals surface area contributed by atoms with Crippen LogP contribution in [0.1, 0.15) is 29.6 Å². The van der Waals surface area contributed by atoms with Crippen LogP contribution in [0.4, 0.5) is 5.69 Å². The molecule has 1 unspecified atom stereocenters. The molecule has 5 nitrogen and oxygen atoms in total. The molecular weight excluding hydrogens is 254 g/mol. The molecule has 1 aromatic rings. The molecule has 3 N–H and O–H groups in total. The lowest BCUT2D eigenvalue weighted by Crippen LogP contribution is -2.35. The van der Waals surface area contributed by atoms with Crippen molar-refractivity contribution in [1.29, 1.82) is 0 Å². The Labute approximate surface area is 111 Å². The van der Waals surface area contributed by atoms with Crippen LogP contribution in [0.15, 0.2) is 12.3 Å². The number of halogens is 1. The van der Waals surface area contributed by atoms with Gasteiger partial charge in [0.25, 0.3) is 5.91 Å². The van der Waals surface area contributed by atoms with Gasteiger partial charge in [-0.3, -0.25) is 4.79 Å². The second kappa shape index (κ2) is 6.02. The number of nitrogens with one attached hydrogen (secondary N) is 1. The van der Waals surface area contributed by atoms with Gasteiger partial charge in [-0.2, -0.15) is 0 Å². The zero-order valence-electron chi connectivity index (χ0n) is 9.99. The molecule has 1 amide bonds. The molecule has 1 aliphatic rings. The first kappa shape index (κ1) is 13.1. The second-order valence-electron chi connectivity index (χ2n) is 4.31. The van der Waals surface area contributed by atoms with Gasteiger partial charge in [0, 0.05) is 13.2 Å². The first-order valence-electron chi connectivity index (χ1n) is 5.97. The molecule has 1 saturated heterocycles. The SMILES string of the molecule is Nc1cnc(Cl)c(C(=O)NCC2CCCCO2)c1. The van der Waals surface area contributed by atoms with Crippen LogP contribution in [-0.2, 0) is 4.74 Å². The Bertz CT molecular complexity index is 433. The maximum absolute atomic E-state index is 11.9. The predicted molar refractivity (Wildman–Crippen MR) is 69.6 cm³/mol. The van der Waals surface area contributed by atoms with Crippen LogP contribution in [0.5, 0.6) is 0 Å². The normalized spacial score (nSPS) is 19.5. The number of hydrogen-bond donors (Lipinski definition) is 2. The van der Waals surface area contributed by atoms with Crippen molar-refractivity contribution in [3.8, 4) is 0 Å². The van der Waals surface area contributed by atoms with Crippen LogP contribution in [-0.4, -0.2) is 30.1 Å². The zero-order valence-corrected chi connectivity index (χ0v) is 10.7. The number of ether oxygens (including phenoxy) is 1. The Morgan fingerprint density at radius 1 is 1.61 bits per heavy atom. The molecule has 2 heterocycles. The van der Waals surface area contributed by atoms with Crippen molar-refractivity contribution >= 4 is 23.2 Å². The van der Waals surface area contributed by atoms with Gasteiger partial charge in [0.1, 0.15) is 5.15 Å². The number of aromatic nitrogens is 1. The van der Waals surface area contributed by atoms with Gasteiger partial charge in [-0.15, -0.1) is 0 Å². The fourth-order valence-corrected chi connectivity index (χ4v) is 2.08. The highest BCUT2D eigenvalue weighted by Crippen LogP contribution is 2.16. The maximum atomic E-state index is 11.9. The molecule has 0 spiro atoms. The maximum Gasteiger partial charge on any atom is 0.254 e. The van der Waals surface area contributed by atoms with Crippen LogP contribution in [0.3, 0.4) is 0 Å². The summed E-state index contributed by atoms with van der Waals surface area (Å²) in [5.74, 6) is -0.269. The number of pyridine rings is 1. The van der Waals surface area contributed by atoms with E-state index < -0.39 is 0 Å². The highest BCUT2D eigenvalue weighted by atomic mass is 35.5. The van der Waals surface area contributed by atoms with E-state index in [2.05, 4.69) is 10.3 Å². The fourth-order valence-electron chi connectivity index (χ4n) is 1.89. The second-order valence-corrected chi connectivity index (χ2v) is 4.66. The molecule has 98 valence electrons. The van der Waals surface area contributed by atoms with Gasteiger partial charge in [0.15, 0.2) is 0 Å². The number of carbonyl (C=O) groups is 1. The summed E-state index contributed by atoms with van der Waals surface area (Å²) in [6, 6.07) is 1.52. The molecule has 0 aromatic carbocycles. The van der Waals surface area contributed by atoms with Crippen molar-refractivity contribution in [2.75, 3.05) is 18.9 Å². The van der Waals surface area contributed by atoms with E-state index in [0.29, 0.717) is 17.8 Å². The first-order chi connectivity index (χ1) is 8.66. The van der Waals surface area contributed by atoms with E-state index in [4.69, 9.17) is 22.1 Å². The summed E-state index contributed by atoms with van der Waals surface area (Å²) in [4.78, 5) is 15.8. The summed E-state index contributed by atoms with van der Waals surface area (Å²) < 4.78 is 5.53. The molecule has 1 aromatic heterocycles. The lowest BCUT2D eigenvalue weighted by molar-refractivity contribution is 0.0169. The molecular formula is C12H16ClN3O2. The van der Waals surface area contributed by atoms with E-state index in [0.717, 1.165) is 25.9 Å². The number of nitrogen functional groups attached to an aromatic ring is 1. The zero-order chi connectivity index (χ0) is 13.0. The molecule has 2 rings (SSSR count). The van der Waals surface area contributed by atoms with Crippen LogP contribution < -0.4 is 11.1 Å². The van der Waals surface area contributed by atoms with E-state index in [9.17, 15) is 4.79 Å². The molecule has 6 heteroatoms. The fraction of sp³-hybridized carbons (Fsp3) is 0.500. The Morgan fingerprint density at radius 2 is 2.44 bits per heavy atom. The number of hydrogen-bond acceptors (Lipinski definition) is 4. The topological polar surface area (TPSA) is 77.2 Å². The van der Waals surface area contributed by atoms with Gasteiger partial charge >= 0.3 is 0 Å². The van der Waals surface area contributed by atoms with Crippen molar-refractivity contribution in [1.82, 2.24) is 10.3 Å². The minimum absolute atomic E-state index is 0.0930. The average Bonchev–Trinajstić information content (AvgIpc) is 2.40. The highest BCUT2D eigenvalue weighted by molar-refractivity contribution is 6.32. The monoisotopic (exact) mass is 269 g/mol. The number of carbonyl (C=O) groups excluding carboxylic acids is 1. The van der Waals surface area contributed by atoms with Crippen molar-refractivity contribution in [3.63, 3.8) is 0 Å². The quantitative estimate of drug-likeness (QED) is 0.818. The number of nitrogens with zero attached hydrogens (tertiary/aromatic N) is 1. The number of rotatable bonds is 3. The largest absolute Gasteiger partial charge is 0.397 e. The van der Waals surface area contributed by atoms with Crippen LogP contribution in [0.25, 0.3) is 0 Å². The molecule has 1 aliphatic heterocycles. The summed E-state index contributed by atoms with van der Waals surface area (Å²) in [5, 5.41) is 2.95. The summed E-state index contributed by atoms with van der Waals surface area (Å²) >= 11 is 5.85. The predicted octanol–water partition coefficient (Wildman–Crippen LogP) is 1.62. The highest BCUT2D eigenvalue weighted by Gasteiger charge is 2.17. The van der Waals surface area contributed by atoms with Gasteiger partial charge in [0.05, 0.1) is 23.6 Å². The summed E-state index contributed by atoms with van der Waals surface area (Å²) in [6.45, 7) is 1.26. The third kappa shape index (κ3) is 3.34. The number of nitrogens with two attached hydrogens (primary N) is 1. The molecule has 1 fully saturated rings.